The minimum absolute atomic E-state index is 0.0198. The molecule has 3 heterocycles. The summed E-state index contributed by atoms with van der Waals surface area (Å²) in [5.74, 6) is 2.36. The van der Waals surface area contributed by atoms with E-state index in [0.29, 0.717) is 12.7 Å². The largest absolute Gasteiger partial charge is 0.454 e. The first-order valence-corrected chi connectivity index (χ1v) is 10.6. The zero-order valence-corrected chi connectivity index (χ0v) is 17.4. The van der Waals surface area contributed by atoms with Crippen LogP contribution in [0.4, 0.5) is 5.95 Å². The van der Waals surface area contributed by atoms with Crippen molar-refractivity contribution in [2.75, 3.05) is 37.9 Å². The molecular formula is C22H30N4O3. The SMILES string of the molecule is CCCCCc1c(C)nc(N2CCN(Cc3ccc4c(c3)OCO4)CC2)[nH]c1=O. The highest BCUT2D eigenvalue weighted by Gasteiger charge is 2.21. The fraction of sp³-hybridized carbons (Fsp3) is 0.545. The lowest BCUT2D eigenvalue weighted by Gasteiger charge is -2.35. The third kappa shape index (κ3) is 4.56. The predicted molar refractivity (Wildman–Crippen MR) is 113 cm³/mol. The highest BCUT2D eigenvalue weighted by Crippen LogP contribution is 2.32. The fourth-order valence-corrected chi connectivity index (χ4v) is 4.01. The molecule has 2 aromatic rings. The standard InChI is InChI=1S/C22H30N4O3/c1-3-4-5-6-18-16(2)23-22(24-21(18)27)26-11-9-25(10-12-26)14-17-7-8-19-20(13-17)29-15-28-19/h7-8,13H,3-6,9-12,14-15H2,1-2H3,(H,23,24,27). The summed E-state index contributed by atoms with van der Waals surface area (Å²) in [4.78, 5) is 24.9. The summed E-state index contributed by atoms with van der Waals surface area (Å²) in [5.41, 5.74) is 2.94. The lowest BCUT2D eigenvalue weighted by Crippen LogP contribution is -2.47. The second-order valence-corrected chi connectivity index (χ2v) is 7.86. The van der Waals surface area contributed by atoms with E-state index in [-0.39, 0.29) is 5.56 Å². The Balaban J connectivity index is 1.35. The van der Waals surface area contributed by atoms with E-state index < -0.39 is 0 Å². The maximum absolute atomic E-state index is 12.5. The first-order chi connectivity index (χ1) is 14.1. The van der Waals surface area contributed by atoms with Crippen LogP contribution in [0.1, 0.15) is 43.0 Å². The Hall–Kier alpha value is -2.54. The average Bonchev–Trinajstić information content (AvgIpc) is 3.18. The Morgan fingerprint density at radius 3 is 2.66 bits per heavy atom. The van der Waals surface area contributed by atoms with Gasteiger partial charge >= 0.3 is 0 Å². The van der Waals surface area contributed by atoms with Gasteiger partial charge in [-0.05, 0) is 37.5 Å². The molecule has 2 aliphatic rings. The predicted octanol–water partition coefficient (Wildman–Crippen LogP) is 2.86. The van der Waals surface area contributed by atoms with Crippen LogP contribution in [-0.4, -0.2) is 47.8 Å². The van der Waals surface area contributed by atoms with E-state index in [1.165, 1.54) is 5.56 Å². The third-order valence-corrected chi connectivity index (χ3v) is 5.76. The molecule has 29 heavy (non-hydrogen) atoms. The molecular weight excluding hydrogens is 368 g/mol. The molecule has 0 saturated carbocycles. The molecule has 0 radical (unpaired) electrons. The van der Waals surface area contributed by atoms with Crippen LogP contribution in [0.15, 0.2) is 23.0 Å². The number of unbranched alkanes of at least 4 members (excludes halogenated alkanes) is 2. The first kappa shape index (κ1) is 19.8. The minimum Gasteiger partial charge on any atom is -0.454 e. The second-order valence-electron chi connectivity index (χ2n) is 7.86. The molecule has 1 fully saturated rings. The van der Waals surface area contributed by atoms with Crippen LogP contribution < -0.4 is 19.9 Å². The van der Waals surface area contributed by atoms with Crippen LogP contribution in [0.5, 0.6) is 11.5 Å². The van der Waals surface area contributed by atoms with Gasteiger partial charge in [0.05, 0.1) is 0 Å². The average molecular weight is 399 g/mol. The van der Waals surface area contributed by atoms with Crippen LogP contribution in [0.3, 0.4) is 0 Å². The van der Waals surface area contributed by atoms with E-state index in [1.807, 2.05) is 13.0 Å². The maximum Gasteiger partial charge on any atom is 0.255 e. The highest BCUT2D eigenvalue weighted by molar-refractivity contribution is 5.44. The van der Waals surface area contributed by atoms with Crippen LogP contribution >= 0.6 is 0 Å². The fourth-order valence-electron chi connectivity index (χ4n) is 4.01. The molecule has 156 valence electrons. The quantitative estimate of drug-likeness (QED) is 0.723. The van der Waals surface area contributed by atoms with Crippen LogP contribution in [0, 0.1) is 6.92 Å². The smallest absolute Gasteiger partial charge is 0.255 e. The normalized spacial score (nSPS) is 16.4. The summed E-state index contributed by atoms with van der Waals surface area (Å²) in [5, 5.41) is 0. The molecule has 1 N–H and O–H groups in total. The van der Waals surface area contributed by atoms with Gasteiger partial charge in [-0.15, -0.1) is 0 Å². The number of aromatic amines is 1. The van der Waals surface area contributed by atoms with Gasteiger partial charge in [-0.3, -0.25) is 14.7 Å². The Labute approximate surface area is 171 Å². The van der Waals surface area contributed by atoms with Crippen LogP contribution in [-0.2, 0) is 13.0 Å². The second kappa shape index (κ2) is 8.86. The van der Waals surface area contributed by atoms with E-state index in [2.05, 4.69) is 33.8 Å². The molecule has 0 amide bonds. The number of benzene rings is 1. The molecule has 7 nitrogen and oxygen atoms in total. The lowest BCUT2D eigenvalue weighted by molar-refractivity contribution is 0.174. The number of rotatable bonds is 7. The zero-order chi connectivity index (χ0) is 20.2. The summed E-state index contributed by atoms with van der Waals surface area (Å²) >= 11 is 0. The van der Waals surface area contributed by atoms with Gasteiger partial charge in [0.15, 0.2) is 11.5 Å². The van der Waals surface area contributed by atoms with Gasteiger partial charge in [0.2, 0.25) is 12.7 Å². The maximum atomic E-state index is 12.5. The van der Waals surface area contributed by atoms with Crippen molar-refractivity contribution in [3.05, 3.63) is 45.4 Å². The van der Waals surface area contributed by atoms with Crippen molar-refractivity contribution in [3.8, 4) is 11.5 Å². The number of aromatic nitrogens is 2. The molecule has 0 spiro atoms. The van der Waals surface area contributed by atoms with E-state index in [9.17, 15) is 4.79 Å². The van der Waals surface area contributed by atoms with Gasteiger partial charge in [-0.2, -0.15) is 0 Å². The van der Waals surface area contributed by atoms with Crippen molar-refractivity contribution in [2.45, 2.75) is 46.1 Å². The van der Waals surface area contributed by atoms with E-state index in [4.69, 9.17) is 14.5 Å². The monoisotopic (exact) mass is 398 g/mol. The number of hydrogen-bond donors (Lipinski definition) is 1. The Bertz CT molecular complexity index is 903. The zero-order valence-electron chi connectivity index (χ0n) is 17.4. The summed E-state index contributed by atoms with van der Waals surface area (Å²) in [7, 11) is 0. The lowest BCUT2D eigenvalue weighted by atomic mass is 10.1. The molecule has 0 unspecified atom stereocenters. The molecule has 1 aromatic carbocycles. The van der Waals surface area contributed by atoms with Crippen LogP contribution in [0.2, 0.25) is 0 Å². The number of hydrogen-bond acceptors (Lipinski definition) is 6. The van der Waals surface area contributed by atoms with E-state index in [0.717, 1.165) is 81.2 Å². The number of aryl methyl sites for hydroxylation is 1. The van der Waals surface area contributed by atoms with Crippen LogP contribution in [0.25, 0.3) is 0 Å². The number of piperazine rings is 1. The number of H-pyrrole nitrogens is 1. The Kier molecular flexibility index (Phi) is 6.04. The van der Waals surface area contributed by atoms with Gasteiger partial charge in [-0.1, -0.05) is 25.8 Å². The number of anilines is 1. The van der Waals surface area contributed by atoms with Gasteiger partial charge in [0.1, 0.15) is 0 Å². The first-order valence-electron chi connectivity index (χ1n) is 10.6. The minimum atomic E-state index is 0.0198. The summed E-state index contributed by atoms with van der Waals surface area (Å²) in [6.07, 6.45) is 4.15. The van der Waals surface area contributed by atoms with Crippen molar-refractivity contribution in [3.63, 3.8) is 0 Å². The summed E-state index contributed by atoms with van der Waals surface area (Å²) in [6.45, 7) is 8.86. The van der Waals surface area contributed by atoms with Crippen molar-refractivity contribution >= 4 is 5.95 Å². The Morgan fingerprint density at radius 2 is 1.90 bits per heavy atom. The molecule has 1 aromatic heterocycles. The Morgan fingerprint density at radius 1 is 1.10 bits per heavy atom. The molecule has 1 saturated heterocycles. The highest BCUT2D eigenvalue weighted by atomic mass is 16.7. The molecule has 0 aliphatic carbocycles. The van der Waals surface area contributed by atoms with Crippen molar-refractivity contribution in [2.24, 2.45) is 0 Å². The molecule has 4 rings (SSSR count). The van der Waals surface area contributed by atoms with Gasteiger partial charge in [0.25, 0.3) is 5.56 Å². The number of fused-ring (bicyclic) bond motifs is 1. The molecule has 0 bridgehead atoms. The van der Waals surface area contributed by atoms with Gasteiger partial charge in [-0.25, -0.2) is 4.98 Å². The molecule has 0 atom stereocenters. The van der Waals surface area contributed by atoms with E-state index in [1.54, 1.807) is 0 Å². The van der Waals surface area contributed by atoms with Gasteiger partial charge < -0.3 is 14.4 Å². The number of nitrogens with one attached hydrogen (secondary N) is 1. The van der Waals surface area contributed by atoms with Crippen molar-refractivity contribution in [1.82, 2.24) is 14.9 Å². The summed E-state index contributed by atoms with van der Waals surface area (Å²) in [6, 6.07) is 6.14. The topological polar surface area (TPSA) is 70.7 Å². The van der Waals surface area contributed by atoms with Gasteiger partial charge in [0, 0.05) is 44.0 Å². The van der Waals surface area contributed by atoms with Crippen molar-refractivity contribution < 1.29 is 9.47 Å². The summed E-state index contributed by atoms with van der Waals surface area (Å²) < 4.78 is 10.9. The number of nitrogens with zero attached hydrogens (tertiary/aromatic N) is 3. The molecule has 7 heteroatoms. The van der Waals surface area contributed by atoms with E-state index >= 15 is 0 Å². The molecule has 2 aliphatic heterocycles. The van der Waals surface area contributed by atoms with Crippen molar-refractivity contribution in [1.29, 1.82) is 0 Å². The third-order valence-electron chi connectivity index (χ3n) is 5.76. The number of ether oxygens (including phenoxy) is 2.